The van der Waals surface area contributed by atoms with Crippen LogP contribution < -0.4 is 29.6 Å². The van der Waals surface area contributed by atoms with Gasteiger partial charge in [-0.1, -0.05) is 0 Å². The summed E-state index contributed by atoms with van der Waals surface area (Å²) in [7, 11) is -3.92. The predicted octanol–water partition coefficient (Wildman–Crippen LogP) is -4.13. The minimum atomic E-state index is -3.92. The van der Waals surface area contributed by atoms with Crippen LogP contribution in [0.15, 0.2) is 0 Å². The van der Waals surface area contributed by atoms with Gasteiger partial charge in [-0.3, -0.25) is 4.55 Å². The van der Waals surface area contributed by atoms with Crippen molar-refractivity contribution in [2.45, 2.75) is 0 Å². The summed E-state index contributed by atoms with van der Waals surface area (Å²) in [6, 6.07) is 0. The summed E-state index contributed by atoms with van der Waals surface area (Å²) in [6.45, 7) is -0.529. The summed E-state index contributed by atoms with van der Waals surface area (Å²) < 4.78 is 27.1. The minimum Gasteiger partial charge on any atom is -0.395 e. The summed E-state index contributed by atoms with van der Waals surface area (Å²) in [4.78, 5) is 0. The van der Waals surface area contributed by atoms with E-state index in [1.54, 1.807) is 0 Å². The van der Waals surface area contributed by atoms with Crippen LogP contribution in [-0.4, -0.2) is 30.4 Å². The normalized spacial score (nSPS) is 10.2. The molecule has 0 spiro atoms. The van der Waals surface area contributed by atoms with Gasteiger partial charge in [0.15, 0.2) is 0 Å². The Morgan fingerprint density at radius 3 is 1.75 bits per heavy atom. The maximum atomic E-state index is 9.63. The molecule has 0 radical (unpaired) electrons. The molecule has 8 heavy (non-hydrogen) atoms. The zero-order valence-electron chi connectivity index (χ0n) is 4.53. The average Bonchev–Trinajstić information content (AvgIpc) is 1.30. The van der Waals surface area contributed by atoms with E-state index in [9.17, 15) is 8.42 Å². The molecule has 0 aromatic heterocycles. The van der Waals surface area contributed by atoms with Gasteiger partial charge in [-0.2, -0.15) is 8.42 Å². The Morgan fingerprint density at radius 2 is 1.75 bits per heavy atom. The Hall–Kier alpha value is 0.870. The van der Waals surface area contributed by atoms with E-state index in [0.29, 0.717) is 0 Å². The van der Waals surface area contributed by atoms with Gasteiger partial charge >= 0.3 is 29.6 Å². The van der Waals surface area contributed by atoms with Crippen molar-refractivity contribution in [3.8, 4) is 0 Å². The van der Waals surface area contributed by atoms with Crippen LogP contribution >= 0.6 is 0 Å². The van der Waals surface area contributed by atoms with Crippen LogP contribution in [0.25, 0.3) is 0 Å². The molecule has 0 atom stereocenters. The third-order valence-electron chi connectivity index (χ3n) is 0.349. The van der Waals surface area contributed by atoms with Crippen molar-refractivity contribution < 1.29 is 47.6 Å². The first kappa shape index (κ1) is 11.6. The van der Waals surface area contributed by atoms with E-state index in [2.05, 4.69) is 0 Å². The first-order valence-electron chi connectivity index (χ1n) is 1.62. The maximum Gasteiger partial charge on any atom is 1.00 e. The molecule has 0 aliphatic heterocycles. The van der Waals surface area contributed by atoms with Crippen molar-refractivity contribution in [3.63, 3.8) is 0 Å². The molecule has 0 saturated heterocycles. The Bertz CT molecular complexity index is 127. The predicted molar refractivity (Wildman–Crippen MR) is 23.5 cm³/mol. The average molecular weight is 149 g/mol. The standard InChI is InChI=1S/C2H6O4S.Na/c3-1-2-7(4,5)6;/h3H,1-2H2,(H,4,5,6);/q;+1. The van der Waals surface area contributed by atoms with Gasteiger partial charge in [0.05, 0.1) is 12.4 Å². The fourth-order valence-corrected chi connectivity index (χ4v) is 0.346. The topological polar surface area (TPSA) is 74.6 Å². The van der Waals surface area contributed by atoms with E-state index in [1.807, 2.05) is 0 Å². The smallest absolute Gasteiger partial charge is 0.395 e. The third-order valence-corrected chi connectivity index (χ3v) is 1.05. The van der Waals surface area contributed by atoms with Gasteiger partial charge in [0.2, 0.25) is 0 Å². The van der Waals surface area contributed by atoms with Crippen molar-refractivity contribution in [3.05, 3.63) is 0 Å². The summed E-state index contributed by atoms with van der Waals surface area (Å²) >= 11 is 0. The van der Waals surface area contributed by atoms with Gasteiger partial charge in [0.1, 0.15) is 0 Å². The Balaban J connectivity index is 0. The molecule has 0 heterocycles. The van der Waals surface area contributed by atoms with Gasteiger partial charge in [-0.15, -0.1) is 0 Å². The van der Waals surface area contributed by atoms with E-state index in [0.717, 1.165) is 0 Å². The zero-order valence-corrected chi connectivity index (χ0v) is 7.35. The molecule has 0 rings (SSSR count). The van der Waals surface area contributed by atoms with Crippen molar-refractivity contribution in [1.29, 1.82) is 0 Å². The second-order valence-electron chi connectivity index (χ2n) is 1.01. The second-order valence-corrected chi connectivity index (χ2v) is 2.58. The number of aliphatic hydroxyl groups is 1. The van der Waals surface area contributed by atoms with Crippen molar-refractivity contribution in [2.24, 2.45) is 0 Å². The van der Waals surface area contributed by atoms with Crippen LogP contribution in [0.5, 0.6) is 0 Å². The van der Waals surface area contributed by atoms with Crippen molar-refractivity contribution in [1.82, 2.24) is 0 Å². The molecule has 4 nitrogen and oxygen atoms in total. The van der Waals surface area contributed by atoms with E-state index in [4.69, 9.17) is 9.66 Å². The maximum absolute atomic E-state index is 9.63. The molecular weight excluding hydrogens is 143 g/mol. The van der Waals surface area contributed by atoms with Crippen LogP contribution in [-0.2, 0) is 10.1 Å². The number of hydrogen-bond donors (Lipinski definition) is 2. The van der Waals surface area contributed by atoms with Gasteiger partial charge in [-0.05, 0) is 0 Å². The molecule has 6 heteroatoms. The molecule has 0 saturated carbocycles. The Labute approximate surface area is 69.9 Å². The van der Waals surface area contributed by atoms with Gasteiger partial charge in [0, 0.05) is 0 Å². The van der Waals surface area contributed by atoms with Gasteiger partial charge < -0.3 is 5.11 Å². The SMILES string of the molecule is O=S(=O)(O)CCO.[Na+]. The minimum absolute atomic E-state index is 0. The molecule has 0 unspecified atom stereocenters. The van der Waals surface area contributed by atoms with Gasteiger partial charge in [0.25, 0.3) is 10.1 Å². The van der Waals surface area contributed by atoms with Crippen LogP contribution in [0, 0.1) is 0 Å². The van der Waals surface area contributed by atoms with Crippen LogP contribution in [0.1, 0.15) is 0 Å². The van der Waals surface area contributed by atoms with Crippen molar-refractivity contribution >= 4 is 10.1 Å². The van der Waals surface area contributed by atoms with E-state index in [-0.39, 0.29) is 29.6 Å². The van der Waals surface area contributed by atoms with Crippen molar-refractivity contribution in [2.75, 3.05) is 12.4 Å². The summed E-state index contributed by atoms with van der Waals surface area (Å²) in [5.41, 5.74) is 0. The molecule has 0 aliphatic carbocycles. The largest absolute Gasteiger partial charge is 1.00 e. The Morgan fingerprint density at radius 1 is 1.38 bits per heavy atom. The second kappa shape index (κ2) is 4.72. The zero-order chi connectivity index (χ0) is 5.91. The summed E-state index contributed by atoms with van der Waals surface area (Å²) in [6.07, 6.45) is 0. The summed E-state index contributed by atoms with van der Waals surface area (Å²) in [5.74, 6) is -0.576. The van der Waals surface area contributed by atoms with E-state index < -0.39 is 22.5 Å². The quantitative estimate of drug-likeness (QED) is 0.309. The van der Waals surface area contributed by atoms with E-state index in [1.165, 1.54) is 0 Å². The molecule has 0 aliphatic rings. The van der Waals surface area contributed by atoms with Crippen LogP contribution in [0.4, 0.5) is 0 Å². The van der Waals surface area contributed by atoms with Gasteiger partial charge in [-0.25, -0.2) is 0 Å². The molecule has 0 amide bonds. The molecule has 0 fully saturated rings. The third kappa shape index (κ3) is 9.98. The fourth-order valence-electron chi connectivity index (χ4n) is 0.115. The van der Waals surface area contributed by atoms with Crippen LogP contribution in [0.3, 0.4) is 0 Å². The molecule has 0 bridgehead atoms. The molecule has 44 valence electrons. The first-order chi connectivity index (χ1) is 3.06. The molecule has 0 aromatic carbocycles. The molecule has 0 aromatic rings. The fraction of sp³-hybridized carbons (Fsp3) is 1.00. The monoisotopic (exact) mass is 149 g/mol. The van der Waals surface area contributed by atoms with E-state index >= 15 is 0 Å². The Kier molecular flexibility index (Phi) is 6.87. The summed E-state index contributed by atoms with van der Waals surface area (Å²) in [5, 5.41) is 7.86. The number of aliphatic hydroxyl groups excluding tert-OH is 1. The molecular formula is C2H6NaO4S+. The number of rotatable bonds is 2. The first-order valence-corrected chi connectivity index (χ1v) is 3.23. The number of hydrogen-bond acceptors (Lipinski definition) is 3. The molecule has 2 N–H and O–H groups in total. The van der Waals surface area contributed by atoms with Crippen LogP contribution in [0.2, 0.25) is 0 Å².